The predicted octanol–water partition coefficient (Wildman–Crippen LogP) is 4.00. The van der Waals surface area contributed by atoms with Crippen LogP contribution >= 0.6 is 22.9 Å². The van der Waals surface area contributed by atoms with Gasteiger partial charge < -0.3 is 10.1 Å². The SMILES string of the molecule is CCOC(=O)C1=C(C)NC(c2nccs2)=NC1c1ccc(F)c(F)c1Cl. The molecule has 5 nitrogen and oxygen atoms in total. The van der Waals surface area contributed by atoms with Crippen molar-refractivity contribution in [2.75, 3.05) is 6.61 Å². The smallest absolute Gasteiger partial charge is 0.338 e. The third kappa shape index (κ3) is 3.34. The van der Waals surface area contributed by atoms with E-state index in [1.54, 1.807) is 25.4 Å². The summed E-state index contributed by atoms with van der Waals surface area (Å²) in [6.07, 6.45) is 1.61. The molecule has 2 heterocycles. The summed E-state index contributed by atoms with van der Waals surface area (Å²) < 4.78 is 32.5. The van der Waals surface area contributed by atoms with E-state index in [2.05, 4.69) is 15.3 Å². The summed E-state index contributed by atoms with van der Waals surface area (Å²) in [5.41, 5.74) is 0.832. The minimum Gasteiger partial charge on any atom is -0.463 e. The number of aromatic nitrogens is 1. The van der Waals surface area contributed by atoms with Crippen LogP contribution in [0.25, 0.3) is 0 Å². The van der Waals surface area contributed by atoms with Gasteiger partial charge in [-0.05, 0) is 19.9 Å². The van der Waals surface area contributed by atoms with Crippen LogP contribution in [0.2, 0.25) is 5.02 Å². The van der Waals surface area contributed by atoms with Crippen LogP contribution in [0.1, 0.15) is 30.5 Å². The first-order valence-corrected chi connectivity index (χ1v) is 8.95. The van der Waals surface area contributed by atoms with E-state index in [0.717, 1.165) is 6.07 Å². The molecule has 9 heteroatoms. The van der Waals surface area contributed by atoms with Gasteiger partial charge in [0.15, 0.2) is 22.5 Å². The van der Waals surface area contributed by atoms with Gasteiger partial charge in [-0.1, -0.05) is 17.7 Å². The Kier molecular flexibility index (Phi) is 5.33. The molecule has 1 aliphatic rings. The lowest BCUT2D eigenvalue weighted by atomic mass is 9.95. The molecule has 1 aromatic heterocycles. The first-order valence-electron chi connectivity index (χ1n) is 7.70. The fourth-order valence-corrected chi connectivity index (χ4v) is 3.42. The third-order valence-corrected chi connectivity index (χ3v) is 4.90. The van der Waals surface area contributed by atoms with E-state index < -0.39 is 28.7 Å². The molecule has 136 valence electrons. The number of esters is 1. The lowest BCUT2D eigenvalue weighted by molar-refractivity contribution is -0.138. The number of halogens is 3. The molecule has 0 amide bonds. The van der Waals surface area contributed by atoms with E-state index in [1.807, 2.05) is 0 Å². The number of thiazole rings is 1. The Hall–Kier alpha value is -2.32. The quantitative estimate of drug-likeness (QED) is 0.625. The topological polar surface area (TPSA) is 63.6 Å². The molecule has 0 radical (unpaired) electrons. The molecule has 1 aliphatic heterocycles. The highest BCUT2D eigenvalue weighted by Crippen LogP contribution is 2.37. The Balaban J connectivity index is 2.15. The number of rotatable bonds is 4. The number of amidine groups is 1. The van der Waals surface area contributed by atoms with E-state index in [-0.39, 0.29) is 17.7 Å². The molecular weight excluding hydrogens is 384 g/mol. The van der Waals surface area contributed by atoms with Crippen LogP contribution in [-0.4, -0.2) is 23.4 Å². The lowest BCUT2D eigenvalue weighted by Crippen LogP contribution is -2.33. The number of carbonyl (C=O) groups is 1. The zero-order chi connectivity index (χ0) is 18.8. The first kappa shape index (κ1) is 18.5. The summed E-state index contributed by atoms with van der Waals surface area (Å²) in [7, 11) is 0. The van der Waals surface area contributed by atoms with E-state index in [0.29, 0.717) is 16.5 Å². The fourth-order valence-electron chi connectivity index (χ4n) is 2.58. The Bertz CT molecular complexity index is 913. The lowest BCUT2D eigenvalue weighted by Gasteiger charge is -2.26. The number of hydrogen-bond acceptors (Lipinski definition) is 6. The molecule has 26 heavy (non-hydrogen) atoms. The van der Waals surface area contributed by atoms with Crippen molar-refractivity contribution in [2.45, 2.75) is 19.9 Å². The standard InChI is InChI=1S/C17H14ClF2N3O2S/c1-3-25-17(24)11-8(2)22-15(16-21-6-7-26-16)23-14(11)9-4-5-10(19)13(20)12(9)18/h4-7,14H,3H2,1-2H3,(H,22,23). The van der Waals surface area contributed by atoms with E-state index in [4.69, 9.17) is 16.3 Å². The van der Waals surface area contributed by atoms with Gasteiger partial charge >= 0.3 is 5.97 Å². The third-order valence-electron chi connectivity index (χ3n) is 3.73. The van der Waals surface area contributed by atoms with Gasteiger partial charge in [0.2, 0.25) is 0 Å². The van der Waals surface area contributed by atoms with Crippen LogP contribution in [-0.2, 0) is 9.53 Å². The fraction of sp³-hybridized carbons (Fsp3) is 0.235. The average molecular weight is 398 g/mol. The van der Waals surface area contributed by atoms with Gasteiger partial charge in [0.25, 0.3) is 0 Å². The van der Waals surface area contributed by atoms with Crippen molar-refractivity contribution in [1.82, 2.24) is 10.3 Å². The molecule has 1 unspecified atom stereocenters. The van der Waals surface area contributed by atoms with Crippen LogP contribution in [0.4, 0.5) is 8.78 Å². The summed E-state index contributed by atoms with van der Waals surface area (Å²) in [5.74, 6) is -2.45. The normalized spacial score (nSPS) is 17.0. The van der Waals surface area contributed by atoms with Crippen LogP contribution < -0.4 is 5.32 Å². The Morgan fingerprint density at radius 3 is 2.85 bits per heavy atom. The molecule has 0 fully saturated rings. The maximum atomic E-state index is 14.0. The molecular formula is C17H14ClF2N3O2S. The number of allylic oxidation sites excluding steroid dienone is 1. The molecule has 3 rings (SSSR count). The molecule has 1 N–H and O–H groups in total. The van der Waals surface area contributed by atoms with E-state index in [1.165, 1.54) is 17.4 Å². The van der Waals surface area contributed by atoms with E-state index >= 15 is 0 Å². The van der Waals surface area contributed by atoms with Gasteiger partial charge in [-0.15, -0.1) is 11.3 Å². The number of nitrogens with zero attached hydrogens (tertiary/aromatic N) is 2. The van der Waals surface area contributed by atoms with Gasteiger partial charge in [-0.3, -0.25) is 4.99 Å². The van der Waals surface area contributed by atoms with Crippen molar-refractivity contribution in [2.24, 2.45) is 4.99 Å². The minimum atomic E-state index is -1.19. The first-order chi connectivity index (χ1) is 12.4. The van der Waals surface area contributed by atoms with E-state index in [9.17, 15) is 13.6 Å². The highest BCUT2D eigenvalue weighted by molar-refractivity contribution is 7.11. The van der Waals surface area contributed by atoms with Crippen molar-refractivity contribution >= 4 is 34.7 Å². The van der Waals surface area contributed by atoms with Crippen molar-refractivity contribution in [1.29, 1.82) is 0 Å². The average Bonchev–Trinajstić information content (AvgIpc) is 3.14. The summed E-state index contributed by atoms with van der Waals surface area (Å²) in [4.78, 5) is 21.1. The second-order valence-electron chi connectivity index (χ2n) is 5.37. The van der Waals surface area contributed by atoms with Gasteiger partial charge in [0.1, 0.15) is 6.04 Å². The van der Waals surface area contributed by atoms with Crippen LogP contribution in [0, 0.1) is 11.6 Å². The van der Waals surface area contributed by atoms with Crippen molar-refractivity contribution in [3.05, 3.63) is 62.2 Å². The highest BCUT2D eigenvalue weighted by Gasteiger charge is 2.33. The molecule has 0 bridgehead atoms. The summed E-state index contributed by atoms with van der Waals surface area (Å²) >= 11 is 7.35. The molecule has 1 aromatic carbocycles. The number of benzene rings is 1. The van der Waals surface area contributed by atoms with Gasteiger partial charge in [0.05, 0.1) is 17.2 Å². The number of ether oxygens (including phenoxy) is 1. The minimum absolute atomic E-state index is 0.164. The molecule has 2 aromatic rings. The predicted molar refractivity (Wildman–Crippen MR) is 95.2 cm³/mol. The van der Waals surface area contributed by atoms with Crippen LogP contribution in [0.5, 0.6) is 0 Å². The molecule has 1 atom stereocenters. The number of carbonyl (C=O) groups excluding carboxylic acids is 1. The second kappa shape index (κ2) is 7.51. The molecule has 0 spiro atoms. The van der Waals surface area contributed by atoms with Crippen LogP contribution in [0.15, 0.2) is 40.0 Å². The zero-order valence-corrected chi connectivity index (χ0v) is 15.4. The van der Waals surface area contributed by atoms with Crippen molar-refractivity contribution in [3.63, 3.8) is 0 Å². The maximum Gasteiger partial charge on any atom is 0.338 e. The molecule has 0 saturated carbocycles. The van der Waals surface area contributed by atoms with Crippen molar-refractivity contribution < 1.29 is 18.3 Å². The monoisotopic (exact) mass is 397 g/mol. The summed E-state index contributed by atoms with van der Waals surface area (Å²) in [5, 5.41) is 4.97. The Labute approximate surface area is 157 Å². The largest absolute Gasteiger partial charge is 0.463 e. The second-order valence-corrected chi connectivity index (χ2v) is 6.64. The highest BCUT2D eigenvalue weighted by atomic mass is 35.5. The molecule has 0 aliphatic carbocycles. The van der Waals surface area contributed by atoms with Gasteiger partial charge in [-0.25, -0.2) is 18.6 Å². The maximum absolute atomic E-state index is 14.0. The van der Waals surface area contributed by atoms with Gasteiger partial charge in [0, 0.05) is 22.8 Å². The number of aliphatic imine (C=N–C) groups is 1. The Morgan fingerprint density at radius 1 is 1.42 bits per heavy atom. The zero-order valence-electron chi connectivity index (χ0n) is 13.8. The summed E-state index contributed by atoms with van der Waals surface area (Å²) in [6.45, 7) is 3.51. The summed E-state index contributed by atoms with van der Waals surface area (Å²) in [6, 6.07) is 1.32. The number of hydrogen-bond donors (Lipinski definition) is 1. The number of nitrogens with one attached hydrogen (secondary N) is 1. The Morgan fingerprint density at radius 2 is 2.19 bits per heavy atom. The van der Waals surface area contributed by atoms with Crippen LogP contribution in [0.3, 0.4) is 0 Å². The molecule has 0 saturated heterocycles. The van der Waals surface area contributed by atoms with Gasteiger partial charge in [-0.2, -0.15) is 0 Å². The van der Waals surface area contributed by atoms with Crippen molar-refractivity contribution in [3.8, 4) is 0 Å².